The fourth-order valence-electron chi connectivity index (χ4n) is 11.1. The van der Waals surface area contributed by atoms with E-state index in [-0.39, 0.29) is 25.2 Å². The quantitative estimate of drug-likeness (QED) is 0.106. The Bertz CT molecular complexity index is 910. The number of nitriles is 2. The number of hydrogen-bond donors (Lipinski definition) is 0. The Morgan fingerprint density at radius 3 is 1.08 bits per heavy atom. The van der Waals surface area contributed by atoms with Crippen molar-refractivity contribution in [2.45, 2.75) is 193 Å². The van der Waals surface area contributed by atoms with Gasteiger partial charge in [-0.1, -0.05) is 103 Å². The molecule has 0 aromatic carbocycles. The van der Waals surface area contributed by atoms with Crippen LogP contribution in [0.2, 0.25) is 0 Å². The third-order valence-electron chi connectivity index (χ3n) is 14.5. The molecule has 0 N–H and O–H groups in total. The maximum atomic E-state index is 12.6. The predicted octanol–water partition coefficient (Wildman–Crippen LogP) is 13.5. The maximum absolute atomic E-state index is 12.6. The number of rotatable bonds is 22. The molecular weight excluding hydrogens is 623 g/mol. The van der Waals surface area contributed by atoms with Crippen LogP contribution in [0.4, 0.5) is 8.78 Å². The number of alkyl halides is 2. The zero-order valence-electron chi connectivity index (χ0n) is 32.0. The van der Waals surface area contributed by atoms with Gasteiger partial charge in [0.1, 0.15) is 5.78 Å². The predicted molar refractivity (Wildman–Crippen MR) is 202 cm³/mol. The summed E-state index contributed by atoms with van der Waals surface area (Å²) in [6.07, 6.45) is 33.9. The molecular formula is C45H74F2N2O. The summed E-state index contributed by atoms with van der Waals surface area (Å²) in [5, 5.41) is 20.0. The van der Waals surface area contributed by atoms with E-state index in [9.17, 15) is 24.1 Å². The number of hydrogen-bond acceptors (Lipinski definition) is 3. The number of unbranched alkanes of at least 4 members (excludes halogenated alkanes) is 2. The van der Waals surface area contributed by atoms with Gasteiger partial charge in [0, 0.05) is 24.7 Å². The van der Waals surface area contributed by atoms with Crippen LogP contribution in [-0.4, -0.2) is 19.1 Å². The molecule has 4 saturated carbocycles. The molecule has 0 aromatic rings. The Balaban J connectivity index is 0.973. The maximum Gasteiger partial charge on any atom is 0.132 e. The number of carbonyl (C=O) groups excluding carboxylic acids is 1. The van der Waals surface area contributed by atoms with Crippen LogP contribution >= 0.6 is 0 Å². The van der Waals surface area contributed by atoms with Crippen LogP contribution in [0.3, 0.4) is 0 Å². The van der Waals surface area contributed by atoms with Gasteiger partial charge in [-0.2, -0.15) is 10.5 Å². The van der Waals surface area contributed by atoms with Gasteiger partial charge >= 0.3 is 0 Å². The van der Waals surface area contributed by atoms with Gasteiger partial charge in [-0.05, 0) is 124 Å². The van der Waals surface area contributed by atoms with Gasteiger partial charge in [-0.3, -0.25) is 13.6 Å². The van der Waals surface area contributed by atoms with Crippen molar-refractivity contribution in [3.63, 3.8) is 0 Å². The zero-order valence-corrected chi connectivity index (χ0v) is 32.0. The Morgan fingerprint density at radius 1 is 0.460 bits per heavy atom. The van der Waals surface area contributed by atoms with E-state index in [0.717, 1.165) is 76.0 Å². The van der Waals surface area contributed by atoms with Gasteiger partial charge in [0.25, 0.3) is 0 Å². The molecule has 0 radical (unpaired) electrons. The molecule has 4 rings (SSSR count). The van der Waals surface area contributed by atoms with Crippen molar-refractivity contribution < 1.29 is 13.6 Å². The second-order valence-electron chi connectivity index (χ2n) is 18.0. The van der Waals surface area contributed by atoms with Crippen LogP contribution in [0.5, 0.6) is 0 Å². The Labute approximate surface area is 306 Å². The molecule has 3 nitrogen and oxygen atoms in total. The molecule has 50 heavy (non-hydrogen) atoms. The highest BCUT2D eigenvalue weighted by molar-refractivity contribution is 5.78. The molecule has 4 aliphatic carbocycles. The van der Waals surface area contributed by atoms with E-state index in [1.54, 1.807) is 0 Å². The van der Waals surface area contributed by atoms with Crippen LogP contribution < -0.4 is 0 Å². The molecule has 2 unspecified atom stereocenters. The molecule has 0 aliphatic heterocycles. The fourth-order valence-corrected chi connectivity index (χ4v) is 11.1. The Kier molecular flexibility index (Phi) is 19.8. The SMILES string of the molecule is N#CC(CC1CCC(CCCF)CC1)C1CCC(CCCCC(=O)CCCCC2CCC(C(C#N)CC3CCC(CCCF)CC3)CC2)CC1. The summed E-state index contributed by atoms with van der Waals surface area (Å²) < 4.78 is 25.1. The van der Waals surface area contributed by atoms with Crippen LogP contribution in [0.25, 0.3) is 0 Å². The molecule has 4 aliphatic rings. The van der Waals surface area contributed by atoms with Crippen molar-refractivity contribution in [3.8, 4) is 12.1 Å². The molecule has 0 bridgehead atoms. The first-order valence-electron chi connectivity index (χ1n) is 21.9. The van der Waals surface area contributed by atoms with Crippen LogP contribution in [0.15, 0.2) is 0 Å². The van der Waals surface area contributed by atoms with Gasteiger partial charge in [0.2, 0.25) is 0 Å². The van der Waals surface area contributed by atoms with E-state index >= 15 is 0 Å². The summed E-state index contributed by atoms with van der Waals surface area (Å²) in [7, 11) is 0. The smallest absolute Gasteiger partial charge is 0.132 e. The van der Waals surface area contributed by atoms with Crippen molar-refractivity contribution in [2.75, 3.05) is 13.3 Å². The second-order valence-corrected chi connectivity index (χ2v) is 18.0. The first kappa shape index (κ1) is 41.3. The molecule has 5 heteroatoms. The van der Waals surface area contributed by atoms with Crippen molar-refractivity contribution in [2.24, 2.45) is 59.2 Å². The zero-order chi connectivity index (χ0) is 35.4. The lowest BCUT2D eigenvalue weighted by Crippen LogP contribution is -2.24. The number of nitrogens with zero attached hydrogens (tertiary/aromatic N) is 2. The molecule has 0 amide bonds. The summed E-state index contributed by atoms with van der Waals surface area (Å²) >= 11 is 0. The van der Waals surface area contributed by atoms with E-state index in [2.05, 4.69) is 12.1 Å². The third-order valence-corrected chi connectivity index (χ3v) is 14.5. The number of carbonyl (C=O) groups is 1. The Hall–Kier alpha value is -1.49. The number of ketones is 1. The van der Waals surface area contributed by atoms with Crippen LogP contribution in [0.1, 0.15) is 193 Å². The lowest BCUT2D eigenvalue weighted by atomic mass is 9.70. The van der Waals surface area contributed by atoms with Gasteiger partial charge in [0.05, 0.1) is 25.5 Å². The summed E-state index contributed by atoms with van der Waals surface area (Å²) in [5.41, 5.74) is 0. The van der Waals surface area contributed by atoms with Gasteiger partial charge < -0.3 is 0 Å². The highest BCUT2D eigenvalue weighted by Crippen LogP contribution is 2.43. The molecule has 0 saturated heterocycles. The number of Topliss-reactive ketones (excluding diaryl/α,β-unsaturated/α-hetero) is 1. The average molecular weight is 697 g/mol. The monoisotopic (exact) mass is 697 g/mol. The van der Waals surface area contributed by atoms with Crippen molar-refractivity contribution in [1.29, 1.82) is 10.5 Å². The van der Waals surface area contributed by atoms with Crippen molar-refractivity contribution in [3.05, 3.63) is 0 Å². The molecule has 284 valence electrons. The highest BCUT2D eigenvalue weighted by atomic mass is 19.1. The summed E-state index contributed by atoms with van der Waals surface area (Å²) in [5.74, 6) is 6.45. The topological polar surface area (TPSA) is 64.7 Å². The van der Waals surface area contributed by atoms with E-state index in [0.29, 0.717) is 41.3 Å². The largest absolute Gasteiger partial charge is 0.300 e. The summed E-state index contributed by atoms with van der Waals surface area (Å²) in [4.78, 5) is 12.6. The fraction of sp³-hybridized carbons (Fsp3) is 0.933. The lowest BCUT2D eigenvalue weighted by Gasteiger charge is -2.34. The van der Waals surface area contributed by atoms with Crippen molar-refractivity contribution in [1.82, 2.24) is 0 Å². The minimum Gasteiger partial charge on any atom is -0.300 e. The molecule has 0 heterocycles. The van der Waals surface area contributed by atoms with Gasteiger partial charge in [-0.15, -0.1) is 0 Å². The normalized spacial score (nSPS) is 31.7. The average Bonchev–Trinajstić information content (AvgIpc) is 3.16. The van der Waals surface area contributed by atoms with Gasteiger partial charge in [-0.25, -0.2) is 0 Å². The van der Waals surface area contributed by atoms with Crippen LogP contribution in [0, 0.1) is 81.8 Å². The van der Waals surface area contributed by atoms with E-state index in [4.69, 9.17) is 0 Å². The minimum atomic E-state index is -0.180. The standard InChI is InChI=1S/C45H74F2N2O/c46-29-5-9-37-13-17-39(18-14-37)31-43(33-48)41-25-21-35(22-26-41)7-1-3-11-45(50)12-4-2-8-36-23-27-42(28-24-36)44(34-49)32-40-19-15-38(16-20-40)10-6-30-47/h35-44H,1-32H2. The number of halogens is 2. The first-order valence-corrected chi connectivity index (χ1v) is 21.9. The van der Waals surface area contributed by atoms with Gasteiger partial charge in [0.15, 0.2) is 0 Å². The minimum absolute atomic E-state index is 0.180. The second kappa shape index (κ2) is 23.9. The molecule has 4 fully saturated rings. The lowest BCUT2D eigenvalue weighted by molar-refractivity contribution is -0.119. The third kappa shape index (κ3) is 14.9. The van der Waals surface area contributed by atoms with Crippen LogP contribution in [-0.2, 0) is 4.79 Å². The van der Waals surface area contributed by atoms with E-state index < -0.39 is 0 Å². The van der Waals surface area contributed by atoms with E-state index in [1.165, 1.54) is 128 Å². The molecule has 0 spiro atoms. The highest BCUT2D eigenvalue weighted by Gasteiger charge is 2.32. The Morgan fingerprint density at radius 2 is 0.760 bits per heavy atom. The van der Waals surface area contributed by atoms with E-state index in [1.807, 2.05) is 0 Å². The summed E-state index contributed by atoms with van der Waals surface area (Å²) in [6.45, 7) is -0.360. The van der Waals surface area contributed by atoms with Crippen molar-refractivity contribution >= 4 is 5.78 Å². The molecule has 2 atom stereocenters. The summed E-state index contributed by atoms with van der Waals surface area (Å²) in [6, 6.07) is 5.41. The molecule has 0 aromatic heterocycles. The first-order chi connectivity index (χ1) is 24.5.